The predicted molar refractivity (Wildman–Crippen MR) is 153 cm³/mol. The van der Waals surface area contributed by atoms with Crippen molar-refractivity contribution >= 4 is 29.3 Å². The lowest BCUT2D eigenvalue weighted by Crippen LogP contribution is -2.12. The summed E-state index contributed by atoms with van der Waals surface area (Å²) >= 11 is 1.59. The van der Waals surface area contributed by atoms with Gasteiger partial charge in [0.15, 0.2) is 11.0 Å². The van der Waals surface area contributed by atoms with Crippen molar-refractivity contribution in [3.8, 4) is 17.1 Å². The molecule has 0 aliphatic heterocycles. The maximum atomic E-state index is 12.7. The Morgan fingerprint density at radius 3 is 2.10 bits per heavy atom. The third-order valence-corrected chi connectivity index (χ3v) is 6.92. The van der Waals surface area contributed by atoms with Gasteiger partial charge in [-0.1, -0.05) is 72.4 Å². The second-order valence-electron chi connectivity index (χ2n) is 8.58. The molecule has 8 heteroatoms. The van der Waals surface area contributed by atoms with E-state index < -0.39 is 0 Å². The Balaban J connectivity index is 1.26. The average molecular weight is 535 g/mol. The monoisotopic (exact) mass is 534 g/mol. The second kappa shape index (κ2) is 12.2. The minimum Gasteiger partial charge on any atom is -0.462 e. The van der Waals surface area contributed by atoms with E-state index in [2.05, 4.69) is 20.1 Å². The number of aromatic nitrogens is 3. The van der Waals surface area contributed by atoms with Crippen LogP contribution in [0.25, 0.3) is 17.1 Å². The van der Waals surface area contributed by atoms with Gasteiger partial charge in [-0.3, -0.25) is 9.36 Å². The molecule has 5 aromatic rings. The zero-order valence-corrected chi connectivity index (χ0v) is 22.1. The molecule has 0 spiro atoms. The molecule has 1 amide bonds. The maximum Gasteiger partial charge on any atom is 0.338 e. The van der Waals surface area contributed by atoms with Crippen molar-refractivity contribution in [1.82, 2.24) is 14.8 Å². The highest BCUT2D eigenvalue weighted by molar-refractivity contribution is 7.98. The predicted octanol–water partition coefficient (Wildman–Crippen LogP) is 6.66. The lowest BCUT2D eigenvalue weighted by molar-refractivity contribution is 0.0526. The van der Waals surface area contributed by atoms with Crippen LogP contribution in [0.3, 0.4) is 0 Å². The first-order valence-electron chi connectivity index (χ1n) is 12.5. The minimum absolute atomic E-state index is 0.227. The van der Waals surface area contributed by atoms with E-state index in [-0.39, 0.29) is 11.9 Å². The fourth-order valence-electron chi connectivity index (χ4n) is 3.96. The van der Waals surface area contributed by atoms with Crippen molar-refractivity contribution < 1.29 is 14.3 Å². The second-order valence-corrected chi connectivity index (χ2v) is 9.52. The van der Waals surface area contributed by atoms with Gasteiger partial charge in [0, 0.05) is 28.3 Å². The summed E-state index contributed by atoms with van der Waals surface area (Å²) < 4.78 is 7.06. The molecule has 1 heterocycles. The molecule has 0 unspecified atom stereocenters. The minimum atomic E-state index is -0.387. The van der Waals surface area contributed by atoms with Gasteiger partial charge in [-0.2, -0.15) is 0 Å². The lowest BCUT2D eigenvalue weighted by Gasteiger charge is -2.10. The molecule has 1 N–H and O–H groups in total. The Morgan fingerprint density at radius 1 is 0.795 bits per heavy atom. The average Bonchev–Trinajstić information content (AvgIpc) is 3.42. The first kappa shape index (κ1) is 25.9. The van der Waals surface area contributed by atoms with E-state index in [9.17, 15) is 9.59 Å². The number of hydrogen-bond donors (Lipinski definition) is 1. The van der Waals surface area contributed by atoms with E-state index in [1.165, 1.54) is 0 Å². The number of rotatable bonds is 9. The number of esters is 1. The Bertz CT molecular complexity index is 1550. The zero-order chi connectivity index (χ0) is 27.0. The Hall–Kier alpha value is -4.69. The van der Waals surface area contributed by atoms with Gasteiger partial charge in [-0.05, 0) is 61.0 Å². The van der Waals surface area contributed by atoms with Crippen LogP contribution in [-0.2, 0) is 10.5 Å². The van der Waals surface area contributed by atoms with Gasteiger partial charge < -0.3 is 10.1 Å². The van der Waals surface area contributed by atoms with Crippen LogP contribution in [0.5, 0.6) is 0 Å². The van der Waals surface area contributed by atoms with Crippen LogP contribution < -0.4 is 5.32 Å². The van der Waals surface area contributed by atoms with Crippen molar-refractivity contribution in [2.75, 3.05) is 11.9 Å². The molecule has 0 saturated carbocycles. The normalized spacial score (nSPS) is 10.7. The first-order valence-corrected chi connectivity index (χ1v) is 13.5. The number of nitrogens with one attached hydrogen (secondary N) is 1. The van der Waals surface area contributed by atoms with Crippen molar-refractivity contribution in [3.63, 3.8) is 0 Å². The number of para-hydroxylation sites is 1. The highest BCUT2D eigenvalue weighted by Gasteiger charge is 2.16. The molecule has 0 radical (unpaired) electrons. The van der Waals surface area contributed by atoms with Crippen LogP contribution in [0.1, 0.15) is 33.2 Å². The molecular weight excluding hydrogens is 508 g/mol. The standard InChI is InChI=1S/C31H26N4O3S/c1-2-38-30(37)25-17-19-26(20-18-25)32-29(36)24-15-13-22(14-16-24)21-39-31-34-33-28(23-9-5-3-6-10-23)35(31)27-11-7-4-8-12-27/h3-20H,2,21H2,1H3,(H,32,36). The lowest BCUT2D eigenvalue weighted by atomic mass is 10.1. The van der Waals surface area contributed by atoms with Crippen molar-refractivity contribution in [3.05, 3.63) is 126 Å². The summed E-state index contributed by atoms with van der Waals surface area (Å²) in [5.41, 5.74) is 4.62. The maximum absolute atomic E-state index is 12.7. The summed E-state index contributed by atoms with van der Waals surface area (Å²) in [4.78, 5) is 24.5. The molecule has 39 heavy (non-hydrogen) atoms. The number of carbonyl (C=O) groups excluding carboxylic acids is 2. The van der Waals surface area contributed by atoms with E-state index in [0.29, 0.717) is 29.2 Å². The zero-order valence-electron chi connectivity index (χ0n) is 21.3. The van der Waals surface area contributed by atoms with Gasteiger partial charge in [0.2, 0.25) is 0 Å². The molecule has 0 saturated heterocycles. The van der Waals surface area contributed by atoms with Crippen LogP contribution in [0.15, 0.2) is 114 Å². The quantitative estimate of drug-likeness (QED) is 0.168. The number of ether oxygens (including phenoxy) is 1. The van der Waals surface area contributed by atoms with Crippen molar-refractivity contribution in [2.24, 2.45) is 0 Å². The Morgan fingerprint density at radius 2 is 1.44 bits per heavy atom. The van der Waals surface area contributed by atoms with Crippen molar-refractivity contribution in [1.29, 1.82) is 0 Å². The molecule has 0 aliphatic rings. The van der Waals surface area contributed by atoms with Gasteiger partial charge in [0.1, 0.15) is 0 Å². The Kier molecular flexibility index (Phi) is 8.14. The van der Waals surface area contributed by atoms with Crippen LogP contribution in [0.4, 0.5) is 5.69 Å². The van der Waals surface area contributed by atoms with Crippen molar-refractivity contribution in [2.45, 2.75) is 17.8 Å². The van der Waals surface area contributed by atoms with Gasteiger partial charge in [-0.15, -0.1) is 10.2 Å². The highest BCUT2D eigenvalue weighted by atomic mass is 32.2. The number of amides is 1. The molecule has 0 atom stereocenters. The number of thioether (sulfide) groups is 1. The largest absolute Gasteiger partial charge is 0.462 e. The molecule has 0 bridgehead atoms. The summed E-state index contributed by atoms with van der Waals surface area (Å²) in [6.45, 7) is 2.07. The van der Waals surface area contributed by atoms with Gasteiger partial charge in [0.25, 0.3) is 5.91 Å². The molecule has 0 aliphatic carbocycles. The van der Waals surface area contributed by atoms with Crippen LogP contribution >= 0.6 is 11.8 Å². The van der Waals surface area contributed by atoms with E-state index in [4.69, 9.17) is 4.74 Å². The van der Waals surface area contributed by atoms with Crippen LogP contribution in [-0.4, -0.2) is 33.2 Å². The smallest absolute Gasteiger partial charge is 0.338 e. The number of hydrogen-bond acceptors (Lipinski definition) is 6. The summed E-state index contributed by atoms with van der Waals surface area (Å²) in [7, 11) is 0. The molecule has 1 aromatic heterocycles. The molecule has 194 valence electrons. The molecule has 0 fully saturated rings. The molecule has 4 aromatic carbocycles. The third kappa shape index (κ3) is 6.25. The summed E-state index contributed by atoms with van der Waals surface area (Å²) in [6.07, 6.45) is 0. The fourth-order valence-corrected chi connectivity index (χ4v) is 4.86. The molecular formula is C31H26N4O3S. The molecule has 5 rings (SSSR count). The summed E-state index contributed by atoms with van der Waals surface area (Å²) in [6, 6.07) is 34.2. The van der Waals surface area contributed by atoms with Crippen LogP contribution in [0, 0.1) is 0 Å². The SMILES string of the molecule is CCOC(=O)c1ccc(NC(=O)c2ccc(CSc3nnc(-c4ccccc4)n3-c3ccccc3)cc2)cc1. The van der Waals surface area contributed by atoms with Gasteiger partial charge in [0.05, 0.1) is 12.2 Å². The number of carbonyl (C=O) groups is 2. The van der Waals surface area contributed by atoms with E-state index in [1.54, 1.807) is 55.1 Å². The van der Waals surface area contributed by atoms with E-state index >= 15 is 0 Å². The number of nitrogens with zero attached hydrogens (tertiary/aromatic N) is 3. The summed E-state index contributed by atoms with van der Waals surface area (Å²) in [5, 5.41) is 12.6. The fraction of sp³-hybridized carbons (Fsp3) is 0.0968. The van der Waals surface area contributed by atoms with E-state index in [0.717, 1.165) is 27.8 Å². The Labute approximate surface area is 230 Å². The van der Waals surface area contributed by atoms with Crippen LogP contribution in [0.2, 0.25) is 0 Å². The van der Waals surface area contributed by atoms with Gasteiger partial charge >= 0.3 is 5.97 Å². The third-order valence-electron chi connectivity index (χ3n) is 5.92. The summed E-state index contributed by atoms with van der Waals surface area (Å²) in [5.74, 6) is 0.833. The number of anilines is 1. The molecule has 7 nitrogen and oxygen atoms in total. The topological polar surface area (TPSA) is 86.1 Å². The first-order chi connectivity index (χ1) is 19.1. The highest BCUT2D eigenvalue weighted by Crippen LogP contribution is 2.29. The van der Waals surface area contributed by atoms with Gasteiger partial charge in [-0.25, -0.2) is 4.79 Å². The van der Waals surface area contributed by atoms with E-state index in [1.807, 2.05) is 72.8 Å². The number of benzene rings is 4.